The molecule has 0 aliphatic carbocycles. The molecule has 1 saturated heterocycles. The number of Topliss-reactive ketones (excluding diaryl/α,β-unsaturated/α-hetero) is 1. The lowest BCUT2D eigenvalue weighted by molar-refractivity contribution is -0.117. The maximum Gasteiger partial charge on any atom is 0.143 e. The Morgan fingerprint density at radius 1 is 1.03 bits per heavy atom. The van der Waals surface area contributed by atoms with Crippen LogP contribution in [0.1, 0.15) is 74.6 Å². The molecule has 2 heterocycles. The van der Waals surface area contributed by atoms with Gasteiger partial charge in [0.05, 0.1) is 24.3 Å². The van der Waals surface area contributed by atoms with Gasteiger partial charge >= 0.3 is 0 Å². The van der Waals surface area contributed by atoms with Crippen LogP contribution in [0.25, 0.3) is 0 Å². The van der Waals surface area contributed by atoms with E-state index in [0.29, 0.717) is 30.0 Å². The van der Waals surface area contributed by atoms with Gasteiger partial charge in [-0.25, -0.2) is 4.39 Å². The van der Waals surface area contributed by atoms with E-state index in [4.69, 9.17) is 9.26 Å². The van der Waals surface area contributed by atoms with Crippen LogP contribution in [0.3, 0.4) is 0 Å². The molecule has 1 aromatic heterocycles. The van der Waals surface area contributed by atoms with Gasteiger partial charge in [0, 0.05) is 36.1 Å². The van der Waals surface area contributed by atoms with E-state index < -0.39 is 5.82 Å². The number of benzene rings is 2. The molecular formula is C32H37FN2O3. The van der Waals surface area contributed by atoms with E-state index in [0.717, 1.165) is 29.9 Å². The quantitative estimate of drug-likeness (QED) is 0.253. The van der Waals surface area contributed by atoms with Gasteiger partial charge in [-0.3, -0.25) is 4.79 Å². The molecule has 0 bridgehead atoms. The lowest BCUT2D eigenvalue weighted by Gasteiger charge is -2.26. The third-order valence-electron chi connectivity index (χ3n) is 6.65. The van der Waals surface area contributed by atoms with Crippen LogP contribution in [-0.4, -0.2) is 42.1 Å². The number of nitrogens with zero attached hydrogens (tertiary/aromatic N) is 2. The minimum atomic E-state index is -0.393. The molecule has 0 unspecified atom stereocenters. The van der Waals surface area contributed by atoms with Crippen LogP contribution in [0.2, 0.25) is 0 Å². The Kier molecular flexibility index (Phi) is 9.36. The van der Waals surface area contributed by atoms with Gasteiger partial charge in [-0.05, 0) is 62.2 Å². The zero-order valence-corrected chi connectivity index (χ0v) is 22.7. The third-order valence-corrected chi connectivity index (χ3v) is 6.65. The number of halogens is 1. The Labute approximate surface area is 225 Å². The van der Waals surface area contributed by atoms with Crippen molar-refractivity contribution in [2.45, 2.75) is 64.7 Å². The first-order valence-electron chi connectivity index (χ1n) is 13.5. The predicted molar refractivity (Wildman–Crippen MR) is 147 cm³/mol. The monoisotopic (exact) mass is 516 g/mol. The van der Waals surface area contributed by atoms with Gasteiger partial charge < -0.3 is 14.2 Å². The summed E-state index contributed by atoms with van der Waals surface area (Å²) in [4.78, 5) is 15.0. The summed E-state index contributed by atoms with van der Waals surface area (Å²) in [6.45, 7) is 10.1. The predicted octanol–water partition coefficient (Wildman–Crippen LogP) is 6.12. The number of ketones is 1. The minimum absolute atomic E-state index is 0.0634. The average molecular weight is 517 g/mol. The van der Waals surface area contributed by atoms with Crippen LogP contribution in [-0.2, 0) is 23.1 Å². The standard InChI is InChI=1S/C32H37FN2O3/c1-32(2,3)31-22-27(34-38-31)21-28(36)20-25-10-8-24(9-11-25)12-13-26-14-15-29(23-30(26)33)37-19-7-18-35-16-5-4-6-17-35/h8-11,14-15,22-23H,4-7,16-21H2,1-3H3. The molecule has 38 heavy (non-hydrogen) atoms. The summed E-state index contributed by atoms with van der Waals surface area (Å²) in [5, 5.41) is 4.03. The number of likely N-dealkylation sites (tertiary alicyclic amines) is 1. The fourth-order valence-corrected chi connectivity index (χ4v) is 4.43. The molecule has 0 spiro atoms. The van der Waals surface area contributed by atoms with Crippen molar-refractivity contribution >= 4 is 5.78 Å². The van der Waals surface area contributed by atoms with E-state index in [1.807, 2.05) is 51.1 Å². The SMILES string of the molecule is CC(C)(C)c1cc(CC(=O)Cc2ccc(C#Cc3ccc(OCCCN4CCCCC4)cc3F)cc2)no1. The molecule has 6 heteroatoms. The van der Waals surface area contributed by atoms with Gasteiger partial charge in [0.15, 0.2) is 0 Å². The maximum absolute atomic E-state index is 14.6. The first-order valence-corrected chi connectivity index (χ1v) is 13.5. The lowest BCUT2D eigenvalue weighted by Crippen LogP contribution is -2.31. The van der Waals surface area contributed by atoms with Crippen molar-refractivity contribution in [3.63, 3.8) is 0 Å². The molecule has 5 nitrogen and oxygen atoms in total. The average Bonchev–Trinajstić information content (AvgIpc) is 3.37. The van der Waals surface area contributed by atoms with Crippen LogP contribution in [0.5, 0.6) is 5.75 Å². The molecule has 1 fully saturated rings. The van der Waals surface area contributed by atoms with Crippen molar-refractivity contribution < 1.29 is 18.4 Å². The van der Waals surface area contributed by atoms with Gasteiger partial charge in [0.1, 0.15) is 23.1 Å². The van der Waals surface area contributed by atoms with Crippen molar-refractivity contribution in [3.8, 4) is 17.6 Å². The largest absolute Gasteiger partial charge is 0.493 e. The number of piperidine rings is 1. The first kappa shape index (κ1) is 27.6. The van der Waals surface area contributed by atoms with E-state index in [1.165, 1.54) is 38.4 Å². The molecule has 0 radical (unpaired) electrons. The van der Waals surface area contributed by atoms with Crippen LogP contribution >= 0.6 is 0 Å². The van der Waals surface area contributed by atoms with E-state index in [9.17, 15) is 9.18 Å². The molecule has 1 aliphatic rings. The van der Waals surface area contributed by atoms with Crippen molar-refractivity contribution in [3.05, 3.63) is 82.5 Å². The highest BCUT2D eigenvalue weighted by atomic mass is 19.1. The molecule has 2 aromatic carbocycles. The number of carbonyl (C=O) groups excluding carboxylic acids is 1. The van der Waals surface area contributed by atoms with Crippen molar-refractivity contribution in [2.75, 3.05) is 26.2 Å². The number of hydrogen-bond donors (Lipinski definition) is 0. The Hall–Kier alpha value is -3.43. The third kappa shape index (κ3) is 8.29. The van der Waals surface area contributed by atoms with E-state index in [1.54, 1.807) is 12.1 Å². The van der Waals surface area contributed by atoms with E-state index in [2.05, 4.69) is 21.9 Å². The van der Waals surface area contributed by atoms with Crippen molar-refractivity contribution in [1.82, 2.24) is 10.1 Å². The molecule has 200 valence electrons. The Balaban J connectivity index is 1.25. The lowest BCUT2D eigenvalue weighted by atomic mass is 9.93. The summed E-state index contributed by atoms with van der Waals surface area (Å²) >= 11 is 0. The summed E-state index contributed by atoms with van der Waals surface area (Å²) in [7, 11) is 0. The van der Waals surface area contributed by atoms with Gasteiger partial charge in [-0.15, -0.1) is 0 Å². The first-order chi connectivity index (χ1) is 18.3. The van der Waals surface area contributed by atoms with Crippen LogP contribution in [0.4, 0.5) is 4.39 Å². The number of rotatable bonds is 9. The highest BCUT2D eigenvalue weighted by Gasteiger charge is 2.20. The molecular weight excluding hydrogens is 479 g/mol. The smallest absolute Gasteiger partial charge is 0.143 e. The highest BCUT2D eigenvalue weighted by molar-refractivity contribution is 5.82. The van der Waals surface area contributed by atoms with Gasteiger partial charge in [-0.2, -0.15) is 0 Å². The molecule has 4 rings (SSSR count). The highest BCUT2D eigenvalue weighted by Crippen LogP contribution is 2.23. The Morgan fingerprint density at radius 3 is 2.47 bits per heavy atom. The second-order valence-corrected chi connectivity index (χ2v) is 11.0. The molecule has 0 amide bonds. The molecule has 0 N–H and O–H groups in total. The number of carbonyl (C=O) groups is 1. The van der Waals surface area contributed by atoms with Gasteiger partial charge in [0.2, 0.25) is 0 Å². The summed E-state index contributed by atoms with van der Waals surface area (Å²) in [6.07, 6.45) is 5.36. The zero-order chi connectivity index (χ0) is 27.0. The van der Waals surface area contributed by atoms with Crippen LogP contribution in [0, 0.1) is 17.7 Å². The molecule has 0 saturated carbocycles. The van der Waals surface area contributed by atoms with Crippen molar-refractivity contribution in [1.29, 1.82) is 0 Å². The second-order valence-electron chi connectivity index (χ2n) is 11.0. The summed E-state index contributed by atoms with van der Waals surface area (Å²) in [5.41, 5.74) is 2.49. The fourth-order valence-electron chi connectivity index (χ4n) is 4.43. The molecule has 1 aliphatic heterocycles. The van der Waals surface area contributed by atoms with Crippen LogP contribution < -0.4 is 4.74 Å². The molecule has 3 aromatic rings. The van der Waals surface area contributed by atoms with Crippen molar-refractivity contribution in [2.24, 2.45) is 0 Å². The Bertz CT molecular complexity index is 1270. The molecule has 0 atom stereocenters. The fraction of sp³-hybridized carbons (Fsp3) is 0.438. The normalized spacial score (nSPS) is 14.1. The van der Waals surface area contributed by atoms with E-state index in [-0.39, 0.29) is 17.6 Å². The topological polar surface area (TPSA) is 55.6 Å². The van der Waals surface area contributed by atoms with E-state index >= 15 is 0 Å². The Morgan fingerprint density at radius 2 is 1.79 bits per heavy atom. The van der Waals surface area contributed by atoms with Gasteiger partial charge in [-0.1, -0.05) is 56.3 Å². The number of ether oxygens (including phenoxy) is 1. The number of hydrogen-bond acceptors (Lipinski definition) is 5. The second kappa shape index (κ2) is 12.9. The number of aromatic nitrogens is 1. The summed E-state index contributed by atoms with van der Waals surface area (Å²) < 4.78 is 25.7. The zero-order valence-electron chi connectivity index (χ0n) is 22.7. The summed E-state index contributed by atoms with van der Waals surface area (Å²) in [5.74, 6) is 6.87. The maximum atomic E-state index is 14.6. The summed E-state index contributed by atoms with van der Waals surface area (Å²) in [6, 6.07) is 14.1. The van der Waals surface area contributed by atoms with Gasteiger partial charge in [0.25, 0.3) is 0 Å². The minimum Gasteiger partial charge on any atom is -0.493 e. The van der Waals surface area contributed by atoms with Crippen LogP contribution in [0.15, 0.2) is 53.1 Å².